The highest BCUT2D eigenvalue weighted by molar-refractivity contribution is 6.69. The molecule has 142 valence electrons. The van der Waals surface area contributed by atoms with Crippen molar-refractivity contribution >= 4 is 14.1 Å². The zero-order chi connectivity index (χ0) is 19.0. The molecule has 4 aliphatic rings. The Hall–Kier alpha value is -0.933. The minimum absolute atomic E-state index is 0.0103. The second kappa shape index (κ2) is 5.54. The van der Waals surface area contributed by atoms with Crippen molar-refractivity contribution in [2.24, 2.45) is 28.6 Å². The van der Waals surface area contributed by atoms with Gasteiger partial charge >= 0.3 is 0 Å². The fraction of sp³-hybridized carbons (Fsp3) is 0.696. The number of hydrogen-bond acceptors (Lipinski definition) is 2. The average Bonchev–Trinajstić information content (AvgIpc) is 2.77. The molecule has 2 saturated carbocycles. The van der Waals surface area contributed by atoms with Crippen LogP contribution < -0.4 is 0 Å². The number of rotatable bonds is 2. The normalized spacial score (nSPS) is 47.2. The molecule has 0 radical (unpaired) electrons. The molecule has 0 N–H and O–H groups in total. The fourth-order valence-electron chi connectivity index (χ4n) is 6.72. The van der Waals surface area contributed by atoms with Crippen LogP contribution >= 0.6 is 0 Å². The topological polar surface area (TPSA) is 26.3 Å². The van der Waals surface area contributed by atoms with Crippen LogP contribution in [0.1, 0.15) is 46.5 Å². The van der Waals surface area contributed by atoms with Crippen LogP contribution in [-0.4, -0.2) is 19.7 Å². The van der Waals surface area contributed by atoms with Crippen LogP contribution in [0.4, 0.5) is 0 Å². The first-order valence-corrected chi connectivity index (χ1v) is 13.7. The molecular formula is C23H34O2Si. The molecule has 2 nitrogen and oxygen atoms in total. The van der Waals surface area contributed by atoms with Gasteiger partial charge in [0, 0.05) is 5.41 Å². The van der Waals surface area contributed by atoms with Gasteiger partial charge in [0.2, 0.25) is 0 Å². The number of ketones is 1. The van der Waals surface area contributed by atoms with Gasteiger partial charge in [0.05, 0.1) is 5.60 Å². The highest BCUT2D eigenvalue weighted by atomic mass is 28.4. The molecule has 6 unspecified atom stereocenters. The van der Waals surface area contributed by atoms with Gasteiger partial charge in [-0.25, -0.2) is 0 Å². The van der Waals surface area contributed by atoms with Crippen LogP contribution in [0, 0.1) is 28.6 Å². The maximum absolute atomic E-state index is 11.9. The first-order chi connectivity index (χ1) is 12.0. The molecule has 0 saturated heterocycles. The second-order valence-corrected chi connectivity index (χ2v) is 15.1. The van der Waals surface area contributed by atoms with Gasteiger partial charge in [0.25, 0.3) is 0 Å². The summed E-state index contributed by atoms with van der Waals surface area (Å²) in [5.41, 5.74) is 1.50. The minimum atomic E-state index is -1.59. The molecule has 0 aromatic heterocycles. The van der Waals surface area contributed by atoms with E-state index in [9.17, 15) is 4.79 Å². The Morgan fingerprint density at radius 3 is 2.42 bits per heavy atom. The maximum atomic E-state index is 11.9. The largest absolute Gasteiger partial charge is 0.412 e. The van der Waals surface area contributed by atoms with Crippen LogP contribution in [0.25, 0.3) is 0 Å². The molecule has 6 atom stereocenters. The van der Waals surface area contributed by atoms with E-state index in [0.717, 1.165) is 0 Å². The van der Waals surface area contributed by atoms with Gasteiger partial charge in [-0.1, -0.05) is 32.1 Å². The van der Waals surface area contributed by atoms with Gasteiger partial charge < -0.3 is 4.43 Å². The van der Waals surface area contributed by atoms with E-state index in [-0.39, 0.29) is 22.2 Å². The van der Waals surface area contributed by atoms with E-state index >= 15 is 0 Å². The van der Waals surface area contributed by atoms with Crippen LogP contribution in [0.15, 0.2) is 36.0 Å². The molecule has 26 heavy (non-hydrogen) atoms. The molecule has 4 aliphatic carbocycles. The van der Waals surface area contributed by atoms with Crippen LogP contribution in [0.2, 0.25) is 19.6 Å². The number of hydrogen-bond donors (Lipinski definition) is 0. The minimum Gasteiger partial charge on any atom is -0.412 e. The van der Waals surface area contributed by atoms with Crippen LogP contribution in [0.3, 0.4) is 0 Å². The predicted molar refractivity (Wildman–Crippen MR) is 109 cm³/mol. The first kappa shape index (κ1) is 18.4. The van der Waals surface area contributed by atoms with Crippen molar-refractivity contribution in [1.29, 1.82) is 0 Å². The summed E-state index contributed by atoms with van der Waals surface area (Å²) >= 11 is 0. The third-order valence-corrected chi connectivity index (χ3v) is 9.24. The van der Waals surface area contributed by atoms with Crippen molar-refractivity contribution in [2.45, 2.75) is 71.7 Å². The number of fused-ring (bicyclic) bond motifs is 5. The molecule has 0 bridgehead atoms. The number of carbonyl (C=O) groups is 1. The van der Waals surface area contributed by atoms with Crippen molar-refractivity contribution in [2.75, 3.05) is 0 Å². The molecule has 0 spiro atoms. The lowest BCUT2D eigenvalue weighted by Crippen LogP contribution is -2.55. The van der Waals surface area contributed by atoms with Crippen LogP contribution in [0.5, 0.6) is 0 Å². The number of carbonyl (C=O) groups excluding carboxylic acids is 1. The van der Waals surface area contributed by atoms with E-state index in [1.165, 1.54) is 31.3 Å². The monoisotopic (exact) mass is 370 g/mol. The highest BCUT2D eigenvalue weighted by Gasteiger charge is 2.62. The van der Waals surface area contributed by atoms with E-state index in [1.807, 2.05) is 6.08 Å². The van der Waals surface area contributed by atoms with Crippen molar-refractivity contribution in [1.82, 2.24) is 0 Å². The Morgan fingerprint density at radius 2 is 1.73 bits per heavy atom. The Bertz CT molecular complexity index is 727. The fourth-order valence-corrected chi connectivity index (χ4v) is 8.41. The van der Waals surface area contributed by atoms with Gasteiger partial charge in [0.1, 0.15) is 0 Å². The second-order valence-electron chi connectivity index (χ2n) is 10.7. The van der Waals surface area contributed by atoms with E-state index in [2.05, 4.69) is 58.6 Å². The van der Waals surface area contributed by atoms with Gasteiger partial charge in [-0.3, -0.25) is 4.79 Å². The average molecular weight is 371 g/mol. The summed E-state index contributed by atoms with van der Waals surface area (Å²) in [5.74, 6) is 2.03. The summed E-state index contributed by atoms with van der Waals surface area (Å²) in [4.78, 5) is 11.9. The Kier molecular flexibility index (Phi) is 3.93. The molecule has 4 rings (SSSR count). The molecule has 0 aliphatic heterocycles. The third kappa shape index (κ3) is 2.50. The van der Waals surface area contributed by atoms with E-state index in [4.69, 9.17) is 4.43 Å². The quantitative estimate of drug-likeness (QED) is 0.584. The zero-order valence-electron chi connectivity index (χ0n) is 17.3. The molecule has 0 aromatic carbocycles. The molecule has 0 amide bonds. The summed E-state index contributed by atoms with van der Waals surface area (Å²) in [6.07, 6.45) is 15.4. The molecule has 2 fully saturated rings. The smallest absolute Gasteiger partial charge is 0.184 e. The zero-order valence-corrected chi connectivity index (χ0v) is 18.3. The molecule has 0 aromatic rings. The van der Waals surface area contributed by atoms with Gasteiger partial charge in [0.15, 0.2) is 14.1 Å². The van der Waals surface area contributed by atoms with Gasteiger partial charge in [-0.15, -0.1) is 0 Å². The standard InChI is InChI=1S/C23H34O2Si/c1-21-12-9-17(24)15-16(21)7-8-18-19(21)10-13-22(2)20(18)11-14-23(22,3)25-26(4,5)6/h7-9,12,15,18-20H,10-11,13-14H2,1-6H3. The highest BCUT2D eigenvalue weighted by Crippen LogP contribution is 2.66. The Morgan fingerprint density at radius 1 is 1.04 bits per heavy atom. The Labute approximate surface area is 159 Å². The summed E-state index contributed by atoms with van der Waals surface area (Å²) in [5, 5.41) is 0. The van der Waals surface area contributed by atoms with E-state index < -0.39 is 8.32 Å². The summed E-state index contributed by atoms with van der Waals surface area (Å²) in [7, 11) is -1.59. The van der Waals surface area contributed by atoms with Crippen molar-refractivity contribution in [3.8, 4) is 0 Å². The maximum Gasteiger partial charge on any atom is 0.184 e. The SMILES string of the molecule is CC12C=CC(=O)C=C1C=CC1C2CCC2(C)C1CCC2(C)O[Si](C)(C)C. The third-order valence-electron chi connectivity index (χ3n) is 8.18. The van der Waals surface area contributed by atoms with Crippen molar-refractivity contribution < 1.29 is 9.22 Å². The van der Waals surface area contributed by atoms with Crippen molar-refractivity contribution in [3.63, 3.8) is 0 Å². The lowest BCUT2D eigenvalue weighted by molar-refractivity contribution is -0.111. The van der Waals surface area contributed by atoms with E-state index in [1.54, 1.807) is 6.08 Å². The van der Waals surface area contributed by atoms with Gasteiger partial charge in [-0.05, 0) is 93.1 Å². The van der Waals surface area contributed by atoms with E-state index in [0.29, 0.717) is 17.8 Å². The molecule has 3 heteroatoms. The Balaban J connectivity index is 1.70. The summed E-state index contributed by atoms with van der Waals surface area (Å²) < 4.78 is 6.83. The lowest BCUT2D eigenvalue weighted by Gasteiger charge is -2.57. The van der Waals surface area contributed by atoms with Crippen LogP contribution in [-0.2, 0) is 9.22 Å². The molecular weight excluding hydrogens is 336 g/mol. The first-order valence-electron chi connectivity index (χ1n) is 10.3. The summed E-state index contributed by atoms with van der Waals surface area (Å²) in [6, 6.07) is 0. The van der Waals surface area contributed by atoms with Crippen molar-refractivity contribution in [3.05, 3.63) is 36.0 Å². The lowest BCUT2D eigenvalue weighted by atomic mass is 9.49. The molecule has 0 heterocycles. The van der Waals surface area contributed by atoms with Gasteiger partial charge in [-0.2, -0.15) is 0 Å². The summed E-state index contributed by atoms with van der Waals surface area (Å²) in [6.45, 7) is 14.2. The predicted octanol–water partition coefficient (Wildman–Crippen LogP) is 5.68. The number of allylic oxidation sites excluding steroid dienone is 6.